The number of carbonyl (C=O) groups excluding carboxylic acids is 2. The van der Waals surface area contributed by atoms with Gasteiger partial charge in [-0.15, -0.1) is 0 Å². The van der Waals surface area contributed by atoms with E-state index in [1.165, 1.54) is 0 Å². The van der Waals surface area contributed by atoms with Gasteiger partial charge in [0.1, 0.15) is 0 Å². The Labute approximate surface area is 116 Å². The van der Waals surface area contributed by atoms with Crippen molar-refractivity contribution in [3.05, 3.63) is 0 Å². The summed E-state index contributed by atoms with van der Waals surface area (Å²) < 4.78 is 4.90. The van der Waals surface area contributed by atoms with Gasteiger partial charge in [0.05, 0.1) is 19.7 Å². The highest BCUT2D eigenvalue weighted by Crippen LogP contribution is 2.00. The van der Waals surface area contributed by atoms with E-state index in [0.29, 0.717) is 19.1 Å². The molecule has 0 spiro atoms. The van der Waals surface area contributed by atoms with Crippen molar-refractivity contribution >= 4 is 11.9 Å². The van der Waals surface area contributed by atoms with E-state index in [-0.39, 0.29) is 31.0 Å². The summed E-state index contributed by atoms with van der Waals surface area (Å²) >= 11 is 0. The molecule has 1 amide bonds. The molecule has 0 aromatic carbocycles. The highest BCUT2D eigenvalue weighted by Gasteiger charge is 2.17. The number of rotatable bonds is 9. The van der Waals surface area contributed by atoms with E-state index < -0.39 is 0 Å². The number of carbonyl (C=O) groups is 2. The maximum absolute atomic E-state index is 11.8. The summed E-state index contributed by atoms with van der Waals surface area (Å²) in [4.78, 5) is 25.0. The predicted molar refractivity (Wildman–Crippen MR) is 75.8 cm³/mol. The van der Waals surface area contributed by atoms with Crippen molar-refractivity contribution in [3.8, 4) is 0 Å². The molecule has 0 aliphatic heterocycles. The highest BCUT2D eigenvalue weighted by molar-refractivity contribution is 5.79. The molecule has 5 heteroatoms. The van der Waals surface area contributed by atoms with E-state index in [9.17, 15) is 9.59 Å². The minimum absolute atomic E-state index is 0.0429. The fourth-order valence-electron chi connectivity index (χ4n) is 1.53. The van der Waals surface area contributed by atoms with Gasteiger partial charge in [0.2, 0.25) is 5.91 Å². The van der Waals surface area contributed by atoms with Gasteiger partial charge in [-0.3, -0.25) is 14.5 Å². The van der Waals surface area contributed by atoms with Crippen LogP contribution in [0.1, 0.15) is 41.0 Å². The average molecular weight is 272 g/mol. The fourth-order valence-corrected chi connectivity index (χ4v) is 1.53. The third kappa shape index (κ3) is 9.47. The molecule has 1 N–H and O–H groups in total. The van der Waals surface area contributed by atoms with Crippen molar-refractivity contribution in [2.45, 2.75) is 47.1 Å². The first-order chi connectivity index (χ1) is 8.86. The van der Waals surface area contributed by atoms with Crippen LogP contribution >= 0.6 is 0 Å². The molecule has 19 heavy (non-hydrogen) atoms. The van der Waals surface area contributed by atoms with Crippen LogP contribution in [0.2, 0.25) is 0 Å². The lowest BCUT2D eigenvalue weighted by molar-refractivity contribution is -0.145. The summed E-state index contributed by atoms with van der Waals surface area (Å²) in [5, 5.41) is 2.87. The zero-order valence-electron chi connectivity index (χ0n) is 12.9. The second kappa shape index (κ2) is 9.78. The molecule has 0 saturated heterocycles. The van der Waals surface area contributed by atoms with Crippen LogP contribution in [0.3, 0.4) is 0 Å². The van der Waals surface area contributed by atoms with E-state index in [1.807, 2.05) is 18.7 Å². The molecule has 0 atom stereocenters. The van der Waals surface area contributed by atoms with Gasteiger partial charge in [0.25, 0.3) is 0 Å². The Hall–Kier alpha value is -1.10. The third-order valence-corrected chi connectivity index (χ3v) is 2.76. The molecule has 0 aromatic rings. The highest BCUT2D eigenvalue weighted by atomic mass is 16.5. The molecule has 5 nitrogen and oxygen atoms in total. The van der Waals surface area contributed by atoms with Gasteiger partial charge in [0, 0.05) is 12.6 Å². The van der Waals surface area contributed by atoms with Crippen molar-refractivity contribution in [2.75, 3.05) is 26.2 Å². The average Bonchev–Trinajstić information content (AvgIpc) is 2.27. The second-order valence-corrected chi connectivity index (χ2v) is 5.34. The quantitative estimate of drug-likeness (QED) is 0.645. The summed E-state index contributed by atoms with van der Waals surface area (Å²) in [7, 11) is 0. The predicted octanol–water partition coefficient (Wildman–Crippen LogP) is 1.42. The lowest BCUT2D eigenvalue weighted by Gasteiger charge is -2.24. The number of amides is 1. The number of hydrogen-bond donors (Lipinski definition) is 1. The minimum atomic E-state index is -0.286. The smallest absolute Gasteiger partial charge is 0.320 e. The lowest BCUT2D eigenvalue weighted by atomic mass is 10.1. The summed E-state index contributed by atoms with van der Waals surface area (Å²) in [6.07, 6.45) is 0.964. The van der Waals surface area contributed by atoms with Crippen LogP contribution in [0.4, 0.5) is 0 Å². The van der Waals surface area contributed by atoms with Crippen LogP contribution in [0, 0.1) is 5.92 Å². The van der Waals surface area contributed by atoms with Crippen molar-refractivity contribution in [1.82, 2.24) is 10.2 Å². The van der Waals surface area contributed by atoms with Crippen molar-refractivity contribution < 1.29 is 14.3 Å². The number of nitrogens with zero attached hydrogens (tertiary/aromatic N) is 1. The molecule has 0 bridgehead atoms. The molecule has 0 saturated carbocycles. The number of esters is 1. The first-order valence-electron chi connectivity index (χ1n) is 7.03. The molecule has 0 radical (unpaired) electrons. The zero-order chi connectivity index (χ0) is 14.8. The van der Waals surface area contributed by atoms with E-state index in [1.54, 1.807) is 6.92 Å². The number of nitrogens with one attached hydrogen (secondary N) is 1. The van der Waals surface area contributed by atoms with Gasteiger partial charge in [-0.2, -0.15) is 0 Å². The van der Waals surface area contributed by atoms with Crippen LogP contribution in [0.5, 0.6) is 0 Å². The normalized spacial score (nSPS) is 11.2. The van der Waals surface area contributed by atoms with E-state index >= 15 is 0 Å². The third-order valence-electron chi connectivity index (χ3n) is 2.76. The minimum Gasteiger partial charge on any atom is -0.465 e. The summed E-state index contributed by atoms with van der Waals surface area (Å²) in [6, 6.07) is 0.125. The van der Waals surface area contributed by atoms with Crippen LogP contribution in [-0.4, -0.2) is 49.1 Å². The Balaban J connectivity index is 4.12. The van der Waals surface area contributed by atoms with E-state index in [0.717, 1.165) is 6.42 Å². The Kier molecular flexibility index (Phi) is 9.21. The SMILES string of the molecule is CCOC(=O)CN(CC(=O)NCCC(C)C)C(C)C. The van der Waals surface area contributed by atoms with Crippen LogP contribution in [0.15, 0.2) is 0 Å². The van der Waals surface area contributed by atoms with Crippen LogP contribution in [0.25, 0.3) is 0 Å². The Morgan fingerprint density at radius 3 is 2.26 bits per heavy atom. The van der Waals surface area contributed by atoms with Crippen molar-refractivity contribution in [1.29, 1.82) is 0 Å². The number of ether oxygens (including phenoxy) is 1. The summed E-state index contributed by atoms with van der Waals surface area (Å²) in [5.41, 5.74) is 0. The molecule has 0 aliphatic carbocycles. The second-order valence-electron chi connectivity index (χ2n) is 5.34. The summed E-state index contributed by atoms with van der Waals surface area (Å²) in [6.45, 7) is 11.4. The fraction of sp³-hybridized carbons (Fsp3) is 0.857. The standard InChI is InChI=1S/C14H28N2O3/c1-6-19-14(18)10-16(12(4)5)9-13(17)15-8-7-11(2)3/h11-12H,6-10H2,1-5H3,(H,15,17). The number of hydrogen-bond acceptors (Lipinski definition) is 4. The first-order valence-corrected chi connectivity index (χ1v) is 7.03. The van der Waals surface area contributed by atoms with Gasteiger partial charge in [-0.1, -0.05) is 13.8 Å². The van der Waals surface area contributed by atoms with Crippen molar-refractivity contribution in [3.63, 3.8) is 0 Å². The maximum Gasteiger partial charge on any atom is 0.320 e. The Morgan fingerprint density at radius 1 is 1.16 bits per heavy atom. The van der Waals surface area contributed by atoms with Crippen LogP contribution < -0.4 is 5.32 Å². The first kappa shape index (κ1) is 17.9. The van der Waals surface area contributed by atoms with E-state index in [4.69, 9.17) is 4.74 Å². The lowest BCUT2D eigenvalue weighted by Crippen LogP contribution is -2.44. The van der Waals surface area contributed by atoms with Crippen molar-refractivity contribution in [2.24, 2.45) is 5.92 Å². The molecule has 0 heterocycles. The van der Waals surface area contributed by atoms with Gasteiger partial charge in [-0.25, -0.2) is 0 Å². The van der Waals surface area contributed by atoms with Gasteiger partial charge in [-0.05, 0) is 33.1 Å². The zero-order valence-corrected chi connectivity index (χ0v) is 12.9. The molecule has 0 aromatic heterocycles. The van der Waals surface area contributed by atoms with Gasteiger partial charge in [0.15, 0.2) is 0 Å². The molecule has 0 aliphatic rings. The Morgan fingerprint density at radius 2 is 1.79 bits per heavy atom. The largest absolute Gasteiger partial charge is 0.465 e. The molecule has 0 rings (SSSR count). The molecule has 0 fully saturated rings. The summed E-state index contributed by atoms with van der Waals surface area (Å²) in [5.74, 6) is 0.242. The molecule has 0 unspecified atom stereocenters. The van der Waals surface area contributed by atoms with Gasteiger partial charge < -0.3 is 10.1 Å². The Bertz CT molecular complexity index is 278. The topological polar surface area (TPSA) is 58.6 Å². The monoisotopic (exact) mass is 272 g/mol. The van der Waals surface area contributed by atoms with E-state index in [2.05, 4.69) is 19.2 Å². The molecule has 112 valence electrons. The van der Waals surface area contributed by atoms with Crippen LogP contribution in [-0.2, 0) is 14.3 Å². The maximum atomic E-state index is 11.8. The molecular formula is C14H28N2O3. The molecular weight excluding hydrogens is 244 g/mol. The van der Waals surface area contributed by atoms with Gasteiger partial charge >= 0.3 is 5.97 Å².